The fourth-order valence-electron chi connectivity index (χ4n) is 3.40. The molecule has 2 aliphatic rings. The van der Waals surface area contributed by atoms with Crippen LogP contribution in [0.25, 0.3) is 0 Å². The highest BCUT2D eigenvalue weighted by atomic mass is 15.3. The molecule has 2 saturated heterocycles. The van der Waals surface area contributed by atoms with Crippen LogP contribution in [-0.2, 0) is 0 Å². The van der Waals surface area contributed by atoms with Gasteiger partial charge in [-0.25, -0.2) is 0 Å². The molecular formula is C15H20N4. The number of nitriles is 1. The molecule has 0 unspecified atom stereocenters. The number of nitrogens with two attached hydrogens (primary N) is 1. The molecule has 3 rings (SSSR count). The second-order valence-corrected chi connectivity index (χ2v) is 5.83. The van der Waals surface area contributed by atoms with Crippen LogP contribution in [0.15, 0.2) is 24.3 Å². The Morgan fingerprint density at radius 2 is 1.95 bits per heavy atom. The minimum absolute atomic E-state index is 0.489. The molecule has 2 fully saturated rings. The van der Waals surface area contributed by atoms with Crippen LogP contribution in [0.5, 0.6) is 0 Å². The zero-order valence-electron chi connectivity index (χ0n) is 11.2. The first-order valence-corrected chi connectivity index (χ1v) is 6.92. The van der Waals surface area contributed by atoms with E-state index in [0.717, 1.165) is 31.7 Å². The van der Waals surface area contributed by atoms with Crippen LogP contribution in [0, 0.1) is 16.7 Å². The van der Waals surface area contributed by atoms with E-state index in [0.29, 0.717) is 5.41 Å². The molecule has 0 atom stereocenters. The van der Waals surface area contributed by atoms with Gasteiger partial charge < -0.3 is 15.5 Å². The Bertz CT molecular complexity index is 482. The summed E-state index contributed by atoms with van der Waals surface area (Å²) in [5, 5.41) is 8.82. The first-order chi connectivity index (χ1) is 9.24. The highest BCUT2D eigenvalue weighted by Gasteiger charge is 2.47. The predicted octanol–water partition coefficient (Wildman–Crippen LogP) is 1.03. The molecule has 4 nitrogen and oxygen atoms in total. The van der Waals surface area contributed by atoms with Crippen molar-refractivity contribution in [3.8, 4) is 6.07 Å². The number of benzene rings is 1. The molecular weight excluding hydrogens is 236 g/mol. The first-order valence-electron chi connectivity index (χ1n) is 6.92. The Hall–Kier alpha value is -1.57. The second-order valence-electron chi connectivity index (χ2n) is 5.83. The quantitative estimate of drug-likeness (QED) is 0.877. The molecule has 19 heavy (non-hydrogen) atoms. The van der Waals surface area contributed by atoms with Crippen molar-refractivity contribution in [2.24, 2.45) is 11.1 Å². The summed E-state index contributed by atoms with van der Waals surface area (Å²) in [4.78, 5) is 4.89. The SMILES string of the molecule is N#Cc1ccc(N2CCC3(CN(CCN)C3)C2)cc1. The van der Waals surface area contributed by atoms with Gasteiger partial charge in [0.05, 0.1) is 11.6 Å². The van der Waals surface area contributed by atoms with Crippen LogP contribution in [0.2, 0.25) is 0 Å². The van der Waals surface area contributed by atoms with Gasteiger partial charge in [-0.05, 0) is 30.7 Å². The van der Waals surface area contributed by atoms with E-state index in [4.69, 9.17) is 11.0 Å². The van der Waals surface area contributed by atoms with Crippen molar-refractivity contribution in [1.82, 2.24) is 4.90 Å². The average Bonchev–Trinajstić information content (AvgIpc) is 2.84. The van der Waals surface area contributed by atoms with E-state index in [1.165, 1.54) is 25.2 Å². The van der Waals surface area contributed by atoms with Crippen molar-refractivity contribution in [1.29, 1.82) is 5.26 Å². The zero-order chi connectivity index (χ0) is 13.3. The fourth-order valence-corrected chi connectivity index (χ4v) is 3.40. The number of hydrogen-bond donors (Lipinski definition) is 1. The second kappa shape index (κ2) is 4.84. The number of anilines is 1. The summed E-state index contributed by atoms with van der Waals surface area (Å²) in [5.74, 6) is 0. The number of likely N-dealkylation sites (tertiary alicyclic amines) is 1. The van der Waals surface area contributed by atoms with Crippen molar-refractivity contribution < 1.29 is 0 Å². The van der Waals surface area contributed by atoms with E-state index in [2.05, 4.69) is 28.0 Å². The van der Waals surface area contributed by atoms with Gasteiger partial charge in [0.2, 0.25) is 0 Å². The van der Waals surface area contributed by atoms with Gasteiger partial charge in [0.15, 0.2) is 0 Å². The summed E-state index contributed by atoms with van der Waals surface area (Å²) in [6, 6.07) is 10.1. The summed E-state index contributed by atoms with van der Waals surface area (Å²) < 4.78 is 0. The normalized spacial score (nSPS) is 21.4. The van der Waals surface area contributed by atoms with Crippen LogP contribution < -0.4 is 10.6 Å². The topological polar surface area (TPSA) is 56.3 Å². The molecule has 0 aromatic heterocycles. The summed E-state index contributed by atoms with van der Waals surface area (Å²) in [5.41, 5.74) is 8.06. The maximum Gasteiger partial charge on any atom is 0.0991 e. The largest absolute Gasteiger partial charge is 0.371 e. The molecule has 4 heteroatoms. The van der Waals surface area contributed by atoms with Crippen molar-refractivity contribution >= 4 is 5.69 Å². The van der Waals surface area contributed by atoms with Gasteiger partial charge in [-0.3, -0.25) is 0 Å². The Morgan fingerprint density at radius 1 is 1.21 bits per heavy atom. The summed E-state index contributed by atoms with van der Waals surface area (Å²) >= 11 is 0. The maximum absolute atomic E-state index is 8.82. The Balaban J connectivity index is 1.62. The lowest BCUT2D eigenvalue weighted by molar-refractivity contribution is 0.0213. The van der Waals surface area contributed by atoms with Crippen LogP contribution in [0.1, 0.15) is 12.0 Å². The molecule has 0 bridgehead atoms. The fraction of sp³-hybridized carbons (Fsp3) is 0.533. The van der Waals surface area contributed by atoms with Gasteiger partial charge >= 0.3 is 0 Å². The average molecular weight is 256 g/mol. The summed E-state index contributed by atoms with van der Waals surface area (Å²) in [6.45, 7) is 6.43. The Morgan fingerprint density at radius 3 is 2.58 bits per heavy atom. The Labute approximate surface area is 114 Å². The number of nitrogens with zero attached hydrogens (tertiary/aromatic N) is 3. The van der Waals surface area contributed by atoms with E-state index >= 15 is 0 Å². The van der Waals surface area contributed by atoms with E-state index in [-0.39, 0.29) is 0 Å². The third kappa shape index (κ3) is 2.32. The molecule has 1 aromatic rings. The van der Waals surface area contributed by atoms with E-state index < -0.39 is 0 Å². The van der Waals surface area contributed by atoms with Crippen LogP contribution in [-0.4, -0.2) is 44.2 Å². The van der Waals surface area contributed by atoms with E-state index in [1.807, 2.05) is 12.1 Å². The zero-order valence-corrected chi connectivity index (χ0v) is 11.2. The molecule has 2 heterocycles. The standard InChI is InChI=1S/C15H20N4/c16-6-8-18-10-15(11-18)5-7-19(12-15)14-3-1-13(9-17)2-4-14/h1-4H,5-8,10-12,16H2. The highest BCUT2D eigenvalue weighted by Crippen LogP contribution is 2.40. The Kier molecular flexibility index (Phi) is 3.17. The lowest BCUT2D eigenvalue weighted by atomic mass is 9.79. The number of hydrogen-bond acceptors (Lipinski definition) is 4. The van der Waals surface area contributed by atoms with Gasteiger partial charge in [-0.2, -0.15) is 5.26 Å². The third-order valence-corrected chi connectivity index (χ3v) is 4.36. The molecule has 1 spiro atoms. The molecule has 100 valence electrons. The molecule has 0 aliphatic carbocycles. The molecule has 2 aliphatic heterocycles. The molecule has 0 radical (unpaired) electrons. The molecule has 0 saturated carbocycles. The van der Waals surface area contributed by atoms with Crippen molar-refractivity contribution in [2.75, 3.05) is 44.2 Å². The maximum atomic E-state index is 8.82. The number of rotatable bonds is 3. The van der Waals surface area contributed by atoms with Gasteiger partial charge in [-0.1, -0.05) is 0 Å². The lowest BCUT2D eigenvalue weighted by Gasteiger charge is -2.48. The smallest absolute Gasteiger partial charge is 0.0991 e. The highest BCUT2D eigenvalue weighted by molar-refractivity contribution is 5.51. The van der Waals surface area contributed by atoms with E-state index in [1.54, 1.807) is 0 Å². The van der Waals surface area contributed by atoms with Gasteiger partial charge in [0, 0.05) is 50.4 Å². The summed E-state index contributed by atoms with van der Waals surface area (Å²) in [6.07, 6.45) is 1.27. The third-order valence-electron chi connectivity index (χ3n) is 4.36. The van der Waals surface area contributed by atoms with Crippen molar-refractivity contribution in [2.45, 2.75) is 6.42 Å². The molecule has 0 amide bonds. The van der Waals surface area contributed by atoms with Gasteiger partial charge in [0.1, 0.15) is 0 Å². The molecule has 1 aromatic carbocycles. The molecule has 2 N–H and O–H groups in total. The monoisotopic (exact) mass is 256 g/mol. The van der Waals surface area contributed by atoms with Crippen LogP contribution in [0.4, 0.5) is 5.69 Å². The van der Waals surface area contributed by atoms with Gasteiger partial charge in [0.25, 0.3) is 0 Å². The van der Waals surface area contributed by atoms with E-state index in [9.17, 15) is 0 Å². The summed E-state index contributed by atoms with van der Waals surface area (Å²) in [7, 11) is 0. The minimum Gasteiger partial charge on any atom is -0.371 e. The van der Waals surface area contributed by atoms with Crippen LogP contribution >= 0.6 is 0 Å². The van der Waals surface area contributed by atoms with Gasteiger partial charge in [-0.15, -0.1) is 0 Å². The lowest BCUT2D eigenvalue weighted by Crippen LogP contribution is -2.58. The van der Waals surface area contributed by atoms with Crippen molar-refractivity contribution in [3.05, 3.63) is 29.8 Å². The van der Waals surface area contributed by atoms with Crippen molar-refractivity contribution in [3.63, 3.8) is 0 Å². The first kappa shape index (κ1) is 12.5. The predicted molar refractivity (Wildman–Crippen MR) is 75.9 cm³/mol. The van der Waals surface area contributed by atoms with Crippen LogP contribution in [0.3, 0.4) is 0 Å². The minimum atomic E-state index is 0.489.